The number of urea groups is 1. The highest BCUT2D eigenvalue weighted by Crippen LogP contribution is 2.33. The number of esters is 1. The SMILES string of the molecule is COC(=O)c1ccc(NC(=O)Nc2ccc3nc(N4C(=O)CCC4=O)sc3c2)cc1. The Morgan fingerprint density at radius 1 is 1.00 bits per heavy atom. The number of anilines is 3. The van der Waals surface area contributed by atoms with Crippen LogP contribution < -0.4 is 15.5 Å². The Hall–Kier alpha value is -3.79. The van der Waals surface area contributed by atoms with Gasteiger partial charge in [-0.15, -0.1) is 0 Å². The summed E-state index contributed by atoms with van der Waals surface area (Å²) in [6.45, 7) is 0. The van der Waals surface area contributed by atoms with Crippen LogP contribution in [0.15, 0.2) is 42.5 Å². The van der Waals surface area contributed by atoms with Crippen molar-refractivity contribution in [2.24, 2.45) is 0 Å². The summed E-state index contributed by atoms with van der Waals surface area (Å²) in [5.41, 5.74) is 2.05. The molecule has 3 aromatic rings. The van der Waals surface area contributed by atoms with Crippen LogP contribution in [0.4, 0.5) is 21.3 Å². The summed E-state index contributed by atoms with van der Waals surface area (Å²) in [6, 6.07) is 10.9. The summed E-state index contributed by atoms with van der Waals surface area (Å²) in [5.74, 6) is -0.967. The zero-order valence-corrected chi connectivity index (χ0v) is 16.6. The number of carbonyl (C=O) groups excluding carboxylic acids is 4. The van der Waals surface area contributed by atoms with Gasteiger partial charge >= 0.3 is 12.0 Å². The number of hydrogen-bond donors (Lipinski definition) is 2. The highest BCUT2D eigenvalue weighted by atomic mass is 32.1. The molecular formula is C20H16N4O5S. The molecule has 30 heavy (non-hydrogen) atoms. The predicted molar refractivity (Wildman–Crippen MR) is 112 cm³/mol. The number of imide groups is 1. The Morgan fingerprint density at radius 2 is 1.63 bits per heavy atom. The second-order valence-corrected chi connectivity index (χ2v) is 7.46. The number of amides is 4. The van der Waals surface area contributed by atoms with Gasteiger partial charge in [0.05, 0.1) is 22.9 Å². The van der Waals surface area contributed by atoms with E-state index < -0.39 is 12.0 Å². The molecule has 0 unspecified atom stereocenters. The van der Waals surface area contributed by atoms with E-state index in [2.05, 4.69) is 20.4 Å². The number of methoxy groups -OCH3 is 1. The molecule has 10 heteroatoms. The zero-order valence-electron chi connectivity index (χ0n) is 15.8. The van der Waals surface area contributed by atoms with Crippen LogP contribution in [0.5, 0.6) is 0 Å². The van der Waals surface area contributed by atoms with E-state index >= 15 is 0 Å². The fourth-order valence-corrected chi connectivity index (χ4v) is 4.02. The van der Waals surface area contributed by atoms with Gasteiger partial charge in [-0.1, -0.05) is 11.3 Å². The van der Waals surface area contributed by atoms with E-state index in [4.69, 9.17) is 0 Å². The number of thiazole rings is 1. The maximum Gasteiger partial charge on any atom is 0.337 e. The van der Waals surface area contributed by atoms with Crippen LogP contribution in [0, 0.1) is 0 Å². The van der Waals surface area contributed by atoms with E-state index in [1.165, 1.54) is 18.4 Å². The molecule has 1 aromatic heterocycles. The molecular weight excluding hydrogens is 408 g/mol. The lowest BCUT2D eigenvalue weighted by Gasteiger charge is -2.08. The first-order valence-electron chi connectivity index (χ1n) is 8.97. The molecule has 4 amide bonds. The summed E-state index contributed by atoms with van der Waals surface area (Å²) in [7, 11) is 1.30. The van der Waals surface area contributed by atoms with Gasteiger partial charge in [-0.25, -0.2) is 19.5 Å². The monoisotopic (exact) mass is 424 g/mol. The Morgan fingerprint density at radius 3 is 2.30 bits per heavy atom. The zero-order chi connectivity index (χ0) is 21.3. The predicted octanol–water partition coefficient (Wildman–Crippen LogP) is 3.38. The maximum absolute atomic E-state index is 12.3. The summed E-state index contributed by atoms with van der Waals surface area (Å²) in [6.07, 6.45) is 0.394. The largest absolute Gasteiger partial charge is 0.465 e. The molecule has 9 nitrogen and oxygen atoms in total. The molecule has 1 aliphatic rings. The molecule has 0 bridgehead atoms. The van der Waals surface area contributed by atoms with Crippen molar-refractivity contribution in [3.63, 3.8) is 0 Å². The van der Waals surface area contributed by atoms with Crippen LogP contribution in [0.3, 0.4) is 0 Å². The highest BCUT2D eigenvalue weighted by molar-refractivity contribution is 7.22. The van der Waals surface area contributed by atoms with Crippen molar-refractivity contribution in [1.29, 1.82) is 0 Å². The minimum absolute atomic E-state index is 0.197. The third kappa shape index (κ3) is 3.85. The third-order valence-corrected chi connectivity index (χ3v) is 5.45. The van der Waals surface area contributed by atoms with Crippen LogP contribution in [-0.4, -0.2) is 35.9 Å². The Balaban J connectivity index is 1.46. The number of nitrogens with one attached hydrogen (secondary N) is 2. The fraction of sp³-hybridized carbons (Fsp3) is 0.150. The number of fused-ring (bicyclic) bond motifs is 1. The number of benzene rings is 2. The van der Waals surface area contributed by atoms with Crippen LogP contribution in [0.2, 0.25) is 0 Å². The quantitative estimate of drug-likeness (QED) is 0.490. The second-order valence-electron chi connectivity index (χ2n) is 6.45. The van der Waals surface area contributed by atoms with Crippen molar-refractivity contribution in [2.75, 3.05) is 22.6 Å². The van der Waals surface area contributed by atoms with Gasteiger partial charge in [0.1, 0.15) is 0 Å². The Bertz CT molecular complexity index is 1160. The lowest BCUT2D eigenvalue weighted by atomic mass is 10.2. The summed E-state index contributed by atoms with van der Waals surface area (Å²) in [5, 5.41) is 5.73. The fourth-order valence-electron chi connectivity index (χ4n) is 2.98. The number of rotatable bonds is 4. The molecule has 0 aliphatic carbocycles. The summed E-state index contributed by atoms with van der Waals surface area (Å²) < 4.78 is 5.37. The van der Waals surface area contributed by atoms with Crippen LogP contribution in [-0.2, 0) is 14.3 Å². The van der Waals surface area contributed by atoms with E-state index in [9.17, 15) is 19.2 Å². The summed E-state index contributed by atoms with van der Waals surface area (Å²) in [4.78, 5) is 53.0. The third-order valence-electron chi connectivity index (χ3n) is 4.44. The van der Waals surface area contributed by atoms with E-state index in [1.807, 2.05) is 0 Å². The first-order chi connectivity index (χ1) is 14.4. The molecule has 1 fully saturated rings. The van der Waals surface area contributed by atoms with Crippen molar-refractivity contribution in [3.8, 4) is 0 Å². The molecule has 2 N–H and O–H groups in total. The topological polar surface area (TPSA) is 118 Å². The van der Waals surface area contributed by atoms with Crippen molar-refractivity contribution in [1.82, 2.24) is 4.98 Å². The van der Waals surface area contributed by atoms with Gasteiger partial charge < -0.3 is 15.4 Å². The maximum atomic E-state index is 12.3. The molecule has 1 saturated heterocycles. The minimum Gasteiger partial charge on any atom is -0.465 e. The Kier molecular flexibility index (Phi) is 5.15. The minimum atomic E-state index is -0.463. The molecule has 2 aromatic carbocycles. The van der Waals surface area contributed by atoms with Crippen LogP contribution >= 0.6 is 11.3 Å². The van der Waals surface area contributed by atoms with Crippen LogP contribution in [0.25, 0.3) is 10.2 Å². The summed E-state index contributed by atoms with van der Waals surface area (Å²) >= 11 is 1.21. The number of hydrogen-bond acceptors (Lipinski definition) is 7. The smallest absolute Gasteiger partial charge is 0.337 e. The molecule has 152 valence electrons. The van der Waals surface area contributed by atoms with Gasteiger partial charge in [0.2, 0.25) is 11.8 Å². The number of aromatic nitrogens is 1. The van der Waals surface area contributed by atoms with Gasteiger partial charge in [-0.3, -0.25) is 9.59 Å². The average Bonchev–Trinajstić information content (AvgIpc) is 3.29. The van der Waals surface area contributed by atoms with Crippen molar-refractivity contribution in [3.05, 3.63) is 48.0 Å². The second kappa shape index (κ2) is 7.91. The van der Waals surface area contributed by atoms with E-state index in [0.29, 0.717) is 27.6 Å². The molecule has 0 atom stereocenters. The van der Waals surface area contributed by atoms with Gasteiger partial charge in [-0.2, -0.15) is 0 Å². The van der Waals surface area contributed by atoms with Gasteiger partial charge in [0.25, 0.3) is 0 Å². The van der Waals surface area contributed by atoms with Gasteiger partial charge in [-0.05, 0) is 42.5 Å². The standard InChI is InChI=1S/C20H16N4O5S/c1-29-18(27)11-2-4-12(5-3-11)21-19(28)22-13-6-7-14-15(10-13)30-20(23-14)24-16(25)8-9-17(24)26/h2-7,10H,8-9H2,1H3,(H2,21,22,28). The normalized spacial score (nSPS) is 13.6. The molecule has 0 radical (unpaired) electrons. The Labute approximate surface area is 174 Å². The van der Waals surface area contributed by atoms with E-state index in [-0.39, 0.29) is 24.7 Å². The molecule has 1 aliphatic heterocycles. The highest BCUT2D eigenvalue weighted by Gasteiger charge is 2.32. The molecule has 4 rings (SSSR count). The van der Waals surface area contributed by atoms with Gasteiger partial charge in [0.15, 0.2) is 5.13 Å². The average molecular weight is 424 g/mol. The van der Waals surface area contributed by atoms with Crippen molar-refractivity contribution >= 4 is 61.9 Å². The van der Waals surface area contributed by atoms with E-state index in [0.717, 1.165) is 9.60 Å². The molecule has 2 heterocycles. The molecule has 0 saturated carbocycles. The first-order valence-corrected chi connectivity index (χ1v) is 9.79. The van der Waals surface area contributed by atoms with E-state index in [1.54, 1.807) is 42.5 Å². The van der Waals surface area contributed by atoms with Crippen molar-refractivity contribution < 1.29 is 23.9 Å². The first kappa shape index (κ1) is 19.5. The molecule has 0 spiro atoms. The van der Waals surface area contributed by atoms with Gasteiger partial charge in [0, 0.05) is 24.2 Å². The van der Waals surface area contributed by atoms with Crippen LogP contribution in [0.1, 0.15) is 23.2 Å². The lowest BCUT2D eigenvalue weighted by molar-refractivity contribution is -0.121. The number of carbonyl (C=O) groups is 4. The number of ether oxygens (including phenoxy) is 1. The van der Waals surface area contributed by atoms with Crippen molar-refractivity contribution in [2.45, 2.75) is 12.8 Å². The lowest BCUT2D eigenvalue weighted by Crippen LogP contribution is -2.28. The number of nitrogens with zero attached hydrogens (tertiary/aromatic N) is 2.